The van der Waals surface area contributed by atoms with E-state index >= 15 is 0 Å². The maximum Gasteiger partial charge on any atom is 0.0685 e. The van der Waals surface area contributed by atoms with Gasteiger partial charge in [-0.05, 0) is 11.1 Å². The summed E-state index contributed by atoms with van der Waals surface area (Å²) < 4.78 is 0. The SMILES string of the molecule is N#CC[C@@H](N)c1ccccc1CO. The zero-order valence-corrected chi connectivity index (χ0v) is 7.27. The van der Waals surface area contributed by atoms with Crippen LogP contribution in [-0.4, -0.2) is 5.11 Å². The molecule has 0 unspecified atom stereocenters. The summed E-state index contributed by atoms with van der Waals surface area (Å²) in [5, 5.41) is 17.5. The smallest absolute Gasteiger partial charge is 0.0685 e. The highest BCUT2D eigenvalue weighted by Gasteiger charge is 2.08. The van der Waals surface area contributed by atoms with Crippen LogP contribution in [0.3, 0.4) is 0 Å². The van der Waals surface area contributed by atoms with Gasteiger partial charge in [-0.25, -0.2) is 0 Å². The molecule has 0 heterocycles. The summed E-state index contributed by atoms with van der Waals surface area (Å²) in [6.45, 7) is -0.0324. The fourth-order valence-corrected chi connectivity index (χ4v) is 1.25. The van der Waals surface area contributed by atoms with Crippen LogP contribution in [0, 0.1) is 11.3 Å². The number of aliphatic hydroxyl groups excluding tert-OH is 1. The molecule has 3 heteroatoms. The van der Waals surface area contributed by atoms with Gasteiger partial charge in [-0.3, -0.25) is 0 Å². The summed E-state index contributed by atoms with van der Waals surface area (Å²) >= 11 is 0. The molecule has 0 radical (unpaired) electrons. The van der Waals surface area contributed by atoms with Crippen molar-refractivity contribution >= 4 is 0 Å². The lowest BCUT2D eigenvalue weighted by atomic mass is 10.00. The first-order chi connectivity index (χ1) is 6.29. The molecule has 0 bridgehead atoms. The second-order valence-corrected chi connectivity index (χ2v) is 2.83. The number of nitrogens with zero attached hydrogens (tertiary/aromatic N) is 1. The van der Waals surface area contributed by atoms with Crippen LogP contribution < -0.4 is 5.73 Å². The molecule has 3 nitrogen and oxygen atoms in total. The van der Waals surface area contributed by atoms with Crippen molar-refractivity contribution in [2.45, 2.75) is 19.1 Å². The molecule has 1 aromatic carbocycles. The summed E-state index contributed by atoms with van der Waals surface area (Å²) in [5.41, 5.74) is 7.40. The molecule has 3 N–H and O–H groups in total. The highest BCUT2D eigenvalue weighted by atomic mass is 16.3. The molecule has 0 aliphatic carbocycles. The van der Waals surface area contributed by atoms with Gasteiger partial charge in [0.2, 0.25) is 0 Å². The van der Waals surface area contributed by atoms with E-state index in [2.05, 4.69) is 0 Å². The minimum Gasteiger partial charge on any atom is -0.392 e. The highest BCUT2D eigenvalue weighted by molar-refractivity contribution is 5.29. The van der Waals surface area contributed by atoms with E-state index in [1.54, 1.807) is 0 Å². The third kappa shape index (κ3) is 2.28. The Hall–Kier alpha value is -1.37. The lowest BCUT2D eigenvalue weighted by molar-refractivity contribution is 0.280. The lowest BCUT2D eigenvalue weighted by Gasteiger charge is -2.11. The number of aliphatic hydroxyl groups is 1. The predicted octanol–water partition coefficient (Wildman–Crippen LogP) is 1.09. The zero-order chi connectivity index (χ0) is 9.68. The second-order valence-electron chi connectivity index (χ2n) is 2.83. The van der Waals surface area contributed by atoms with Crippen molar-refractivity contribution in [3.05, 3.63) is 35.4 Å². The third-order valence-corrected chi connectivity index (χ3v) is 1.94. The van der Waals surface area contributed by atoms with E-state index in [-0.39, 0.29) is 19.1 Å². The van der Waals surface area contributed by atoms with Crippen LogP contribution >= 0.6 is 0 Å². The van der Waals surface area contributed by atoms with E-state index in [1.807, 2.05) is 30.3 Å². The van der Waals surface area contributed by atoms with Gasteiger partial charge >= 0.3 is 0 Å². The van der Waals surface area contributed by atoms with Crippen molar-refractivity contribution < 1.29 is 5.11 Å². The van der Waals surface area contributed by atoms with Crippen LogP contribution in [0.1, 0.15) is 23.6 Å². The molecule has 0 aliphatic heterocycles. The van der Waals surface area contributed by atoms with E-state index in [9.17, 15) is 0 Å². The topological polar surface area (TPSA) is 70.0 Å². The summed E-state index contributed by atoms with van der Waals surface area (Å²) in [4.78, 5) is 0. The van der Waals surface area contributed by atoms with Gasteiger partial charge in [-0.1, -0.05) is 24.3 Å². The maximum absolute atomic E-state index is 9.00. The molecule has 0 aliphatic rings. The third-order valence-electron chi connectivity index (χ3n) is 1.94. The molecule has 1 rings (SSSR count). The normalized spacial score (nSPS) is 12.1. The van der Waals surface area contributed by atoms with Gasteiger partial charge in [0.1, 0.15) is 0 Å². The first-order valence-electron chi connectivity index (χ1n) is 4.10. The van der Waals surface area contributed by atoms with Gasteiger partial charge in [0, 0.05) is 6.04 Å². The van der Waals surface area contributed by atoms with E-state index in [0.29, 0.717) is 0 Å². The number of nitriles is 1. The minimum absolute atomic E-state index is 0.0324. The summed E-state index contributed by atoms with van der Waals surface area (Å²) in [7, 11) is 0. The van der Waals surface area contributed by atoms with Gasteiger partial charge in [0.25, 0.3) is 0 Å². The number of benzene rings is 1. The summed E-state index contributed by atoms with van der Waals surface area (Å²) in [6, 6.07) is 9.06. The molecular formula is C10H12N2O. The Labute approximate surface area is 77.4 Å². The molecule has 13 heavy (non-hydrogen) atoms. The second kappa shape index (κ2) is 4.61. The molecule has 0 saturated carbocycles. The van der Waals surface area contributed by atoms with E-state index in [0.717, 1.165) is 11.1 Å². The van der Waals surface area contributed by atoms with Crippen molar-refractivity contribution in [2.75, 3.05) is 0 Å². The summed E-state index contributed by atoms with van der Waals surface area (Å²) in [5.74, 6) is 0. The molecular weight excluding hydrogens is 164 g/mol. The van der Waals surface area contributed by atoms with Gasteiger partial charge in [-0.2, -0.15) is 5.26 Å². The molecule has 0 amide bonds. The van der Waals surface area contributed by atoms with Gasteiger partial charge in [-0.15, -0.1) is 0 Å². The first-order valence-corrected chi connectivity index (χ1v) is 4.10. The molecule has 68 valence electrons. The Morgan fingerprint density at radius 1 is 1.46 bits per heavy atom. The Kier molecular flexibility index (Phi) is 3.44. The lowest BCUT2D eigenvalue weighted by Crippen LogP contribution is -2.11. The molecule has 0 spiro atoms. The Morgan fingerprint density at radius 2 is 2.15 bits per heavy atom. The van der Waals surface area contributed by atoms with Crippen LogP contribution in [0.4, 0.5) is 0 Å². The zero-order valence-electron chi connectivity index (χ0n) is 7.27. The van der Waals surface area contributed by atoms with Crippen LogP contribution in [0.25, 0.3) is 0 Å². The maximum atomic E-state index is 9.00. The van der Waals surface area contributed by atoms with E-state index < -0.39 is 0 Å². The first kappa shape index (κ1) is 9.72. The van der Waals surface area contributed by atoms with E-state index in [4.69, 9.17) is 16.1 Å². The van der Waals surface area contributed by atoms with Gasteiger partial charge in [0.15, 0.2) is 0 Å². The molecule has 0 saturated heterocycles. The van der Waals surface area contributed by atoms with Crippen molar-refractivity contribution in [2.24, 2.45) is 5.73 Å². The average molecular weight is 176 g/mol. The monoisotopic (exact) mass is 176 g/mol. The Balaban J connectivity index is 2.93. The van der Waals surface area contributed by atoms with Crippen molar-refractivity contribution in [1.29, 1.82) is 5.26 Å². The standard InChI is InChI=1S/C10H12N2O/c11-6-5-10(12)9-4-2-1-3-8(9)7-13/h1-4,10,13H,5,7,12H2/t10-/m1/s1. The van der Waals surface area contributed by atoms with Gasteiger partial charge < -0.3 is 10.8 Å². The predicted molar refractivity (Wildman–Crippen MR) is 49.5 cm³/mol. The quantitative estimate of drug-likeness (QED) is 0.724. The fourth-order valence-electron chi connectivity index (χ4n) is 1.25. The minimum atomic E-state index is -0.298. The largest absolute Gasteiger partial charge is 0.392 e. The van der Waals surface area contributed by atoms with Crippen LogP contribution in [0.2, 0.25) is 0 Å². The summed E-state index contributed by atoms with van der Waals surface area (Å²) in [6.07, 6.45) is 0.275. The molecule has 0 aromatic heterocycles. The fraction of sp³-hybridized carbons (Fsp3) is 0.300. The van der Waals surface area contributed by atoms with Crippen molar-refractivity contribution in [1.82, 2.24) is 0 Å². The number of hydrogen-bond acceptors (Lipinski definition) is 3. The van der Waals surface area contributed by atoms with Crippen molar-refractivity contribution in [3.63, 3.8) is 0 Å². The number of nitrogens with two attached hydrogens (primary N) is 1. The molecule has 0 fully saturated rings. The Morgan fingerprint density at radius 3 is 2.77 bits per heavy atom. The Bertz CT molecular complexity index is 317. The molecule has 1 aromatic rings. The number of hydrogen-bond donors (Lipinski definition) is 2. The average Bonchev–Trinajstić information content (AvgIpc) is 2.18. The van der Waals surface area contributed by atoms with Crippen LogP contribution in [0.5, 0.6) is 0 Å². The van der Waals surface area contributed by atoms with Crippen LogP contribution in [-0.2, 0) is 6.61 Å². The highest BCUT2D eigenvalue weighted by Crippen LogP contribution is 2.18. The molecule has 1 atom stereocenters. The van der Waals surface area contributed by atoms with E-state index in [1.165, 1.54) is 0 Å². The van der Waals surface area contributed by atoms with Gasteiger partial charge in [0.05, 0.1) is 19.1 Å². The van der Waals surface area contributed by atoms with Crippen LogP contribution in [0.15, 0.2) is 24.3 Å². The number of rotatable bonds is 3. The van der Waals surface area contributed by atoms with Crippen molar-refractivity contribution in [3.8, 4) is 6.07 Å².